The quantitative estimate of drug-likeness (QED) is 0.469. The van der Waals surface area contributed by atoms with Crippen molar-refractivity contribution < 1.29 is 23.5 Å². The van der Waals surface area contributed by atoms with Gasteiger partial charge in [-0.2, -0.15) is 0 Å². The molecule has 0 aromatic heterocycles. The lowest BCUT2D eigenvalue weighted by Gasteiger charge is -2.19. The molecule has 18 heavy (non-hydrogen) atoms. The third-order valence-corrected chi connectivity index (χ3v) is 2.96. The zero-order valence-corrected chi connectivity index (χ0v) is 10.6. The summed E-state index contributed by atoms with van der Waals surface area (Å²) >= 11 is 0. The van der Waals surface area contributed by atoms with Gasteiger partial charge in [-0.05, 0) is 19.3 Å². The average molecular weight is 261 g/mol. The first kappa shape index (κ1) is 14.7. The van der Waals surface area contributed by atoms with Crippen LogP contribution in [-0.2, 0) is 14.3 Å². The number of hydrogen-bond donors (Lipinski definition) is 1. The van der Waals surface area contributed by atoms with E-state index in [1.165, 1.54) is 0 Å². The predicted octanol–water partition coefficient (Wildman–Crippen LogP) is 2.50. The first-order chi connectivity index (χ1) is 8.63. The van der Waals surface area contributed by atoms with E-state index in [-0.39, 0.29) is 18.3 Å². The minimum Gasteiger partial charge on any atom is -0.428 e. The Morgan fingerprint density at radius 3 is 2.56 bits per heavy atom. The highest BCUT2D eigenvalue weighted by molar-refractivity contribution is 5.72. The molecule has 1 amide bonds. The van der Waals surface area contributed by atoms with Crippen LogP contribution in [-0.4, -0.2) is 25.2 Å². The van der Waals surface area contributed by atoms with Crippen LogP contribution in [0.3, 0.4) is 0 Å². The number of hydrogen-bond acceptors (Lipinski definition) is 4. The SMILES string of the molecule is CCC(F)NC(=O)OCOC(=O)C1CCCCC1. The van der Waals surface area contributed by atoms with E-state index < -0.39 is 19.2 Å². The molecule has 0 spiro atoms. The number of alkyl carbamates (subject to hydrolysis) is 1. The largest absolute Gasteiger partial charge is 0.428 e. The molecule has 1 saturated carbocycles. The van der Waals surface area contributed by atoms with Crippen molar-refractivity contribution in [1.29, 1.82) is 0 Å². The van der Waals surface area contributed by atoms with Crippen LogP contribution in [0.15, 0.2) is 0 Å². The van der Waals surface area contributed by atoms with Gasteiger partial charge in [-0.3, -0.25) is 10.1 Å². The number of carbonyl (C=O) groups excluding carboxylic acids is 2. The van der Waals surface area contributed by atoms with E-state index in [4.69, 9.17) is 4.74 Å². The fourth-order valence-electron chi connectivity index (χ4n) is 1.87. The maximum absolute atomic E-state index is 12.7. The van der Waals surface area contributed by atoms with Crippen molar-refractivity contribution in [1.82, 2.24) is 5.32 Å². The van der Waals surface area contributed by atoms with E-state index in [0.29, 0.717) is 0 Å². The maximum Gasteiger partial charge on any atom is 0.412 e. The van der Waals surface area contributed by atoms with Crippen LogP contribution < -0.4 is 5.32 Å². The van der Waals surface area contributed by atoms with E-state index in [2.05, 4.69) is 4.74 Å². The minimum atomic E-state index is -1.44. The summed E-state index contributed by atoms with van der Waals surface area (Å²) in [6.07, 6.45) is 2.67. The maximum atomic E-state index is 12.7. The van der Waals surface area contributed by atoms with E-state index >= 15 is 0 Å². The Balaban J connectivity index is 2.12. The second kappa shape index (κ2) is 7.89. The molecule has 0 aromatic carbocycles. The molecule has 0 aliphatic heterocycles. The van der Waals surface area contributed by atoms with Crippen molar-refractivity contribution in [2.45, 2.75) is 51.7 Å². The summed E-state index contributed by atoms with van der Waals surface area (Å²) in [5.41, 5.74) is 0. The molecule has 0 radical (unpaired) electrons. The van der Waals surface area contributed by atoms with Crippen molar-refractivity contribution >= 4 is 12.1 Å². The van der Waals surface area contributed by atoms with Crippen LogP contribution in [0.1, 0.15) is 45.4 Å². The van der Waals surface area contributed by atoms with Gasteiger partial charge >= 0.3 is 12.1 Å². The van der Waals surface area contributed by atoms with Gasteiger partial charge in [0.05, 0.1) is 5.92 Å². The molecule has 0 heterocycles. The van der Waals surface area contributed by atoms with Crippen molar-refractivity contribution in [2.24, 2.45) is 5.92 Å². The van der Waals surface area contributed by atoms with Gasteiger partial charge in [0, 0.05) is 0 Å². The number of amides is 1. The molecule has 6 heteroatoms. The normalized spacial score (nSPS) is 17.9. The molecule has 1 fully saturated rings. The molecular weight excluding hydrogens is 241 g/mol. The van der Waals surface area contributed by atoms with Gasteiger partial charge in [0.2, 0.25) is 6.79 Å². The van der Waals surface area contributed by atoms with Gasteiger partial charge in [0.1, 0.15) is 0 Å². The zero-order valence-electron chi connectivity index (χ0n) is 10.6. The summed E-state index contributed by atoms with van der Waals surface area (Å²) in [5, 5.41) is 1.96. The molecular formula is C12H20FNO4. The molecule has 0 bridgehead atoms. The number of carbonyl (C=O) groups is 2. The summed E-state index contributed by atoms with van der Waals surface area (Å²) in [6, 6.07) is 0. The highest BCUT2D eigenvalue weighted by atomic mass is 19.1. The van der Waals surface area contributed by atoms with E-state index in [0.717, 1.165) is 32.1 Å². The second-order valence-corrected chi connectivity index (χ2v) is 4.37. The standard InChI is InChI=1S/C12H20FNO4/c1-2-10(13)14-12(16)18-8-17-11(15)9-6-4-3-5-7-9/h9-10H,2-8H2,1H3,(H,14,16). The molecule has 1 N–H and O–H groups in total. The summed E-state index contributed by atoms with van der Waals surface area (Å²) < 4.78 is 22.1. The highest BCUT2D eigenvalue weighted by Gasteiger charge is 2.22. The third-order valence-electron chi connectivity index (χ3n) is 2.96. The van der Waals surface area contributed by atoms with Crippen molar-refractivity contribution in [2.75, 3.05) is 6.79 Å². The number of alkyl halides is 1. The Kier molecular flexibility index (Phi) is 6.46. The van der Waals surface area contributed by atoms with Gasteiger partial charge in [0.15, 0.2) is 6.30 Å². The van der Waals surface area contributed by atoms with Crippen LogP contribution in [0.5, 0.6) is 0 Å². The Morgan fingerprint density at radius 2 is 1.94 bits per heavy atom. The number of esters is 1. The summed E-state index contributed by atoms with van der Waals surface area (Å²) in [4.78, 5) is 22.6. The van der Waals surface area contributed by atoms with E-state index in [1.54, 1.807) is 6.92 Å². The lowest BCUT2D eigenvalue weighted by molar-refractivity contribution is -0.158. The topological polar surface area (TPSA) is 64.6 Å². The smallest absolute Gasteiger partial charge is 0.412 e. The number of halogens is 1. The molecule has 1 aliphatic rings. The highest BCUT2D eigenvalue weighted by Crippen LogP contribution is 2.24. The second-order valence-electron chi connectivity index (χ2n) is 4.37. The van der Waals surface area contributed by atoms with Crippen LogP contribution in [0.4, 0.5) is 9.18 Å². The van der Waals surface area contributed by atoms with Crippen LogP contribution >= 0.6 is 0 Å². The Bertz CT molecular complexity index is 279. The lowest BCUT2D eigenvalue weighted by atomic mass is 9.89. The van der Waals surface area contributed by atoms with Crippen LogP contribution in [0.2, 0.25) is 0 Å². The fourth-order valence-corrected chi connectivity index (χ4v) is 1.87. The summed E-state index contributed by atoms with van der Waals surface area (Å²) in [6.45, 7) is 1.13. The van der Waals surface area contributed by atoms with Crippen molar-refractivity contribution in [3.63, 3.8) is 0 Å². The zero-order chi connectivity index (χ0) is 13.4. The van der Waals surface area contributed by atoms with E-state index in [9.17, 15) is 14.0 Å². The molecule has 5 nitrogen and oxygen atoms in total. The molecule has 1 atom stereocenters. The third kappa shape index (κ3) is 5.33. The number of ether oxygens (including phenoxy) is 2. The van der Waals surface area contributed by atoms with Gasteiger partial charge in [-0.1, -0.05) is 26.2 Å². The summed E-state index contributed by atoms with van der Waals surface area (Å²) in [7, 11) is 0. The van der Waals surface area contributed by atoms with Gasteiger partial charge in [0.25, 0.3) is 0 Å². The fraction of sp³-hybridized carbons (Fsp3) is 0.833. The first-order valence-corrected chi connectivity index (χ1v) is 6.37. The Labute approximate surface area is 106 Å². The molecule has 104 valence electrons. The minimum absolute atomic E-state index is 0.0880. The Morgan fingerprint density at radius 1 is 1.28 bits per heavy atom. The molecule has 0 saturated heterocycles. The lowest BCUT2D eigenvalue weighted by Crippen LogP contribution is -2.32. The van der Waals surface area contributed by atoms with E-state index in [1.807, 2.05) is 5.32 Å². The van der Waals surface area contributed by atoms with Crippen LogP contribution in [0.25, 0.3) is 0 Å². The van der Waals surface area contributed by atoms with Gasteiger partial charge in [-0.25, -0.2) is 9.18 Å². The van der Waals surface area contributed by atoms with Crippen molar-refractivity contribution in [3.8, 4) is 0 Å². The molecule has 1 aliphatic carbocycles. The Hall–Kier alpha value is -1.33. The van der Waals surface area contributed by atoms with Gasteiger partial charge in [-0.15, -0.1) is 0 Å². The average Bonchev–Trinajstić information content (AvgIpc) is 2.39. The first-order valence-electron chi connectivity index (χ1n) is 6.37. The molecule has 1 unspecified atom stereocenters. The molecule has 0 aromatic rings. The summed E-state index contributed by atoms with van der Waals surface area (Å²) in [5.74, 6) is -0.426. The van der Waals surface area contributed by atoms with Crippen LogP contribution in [0, 0.1) is 5.92 Å². The monoisotopic (exact) mass is 261 g/mol. The van der Waals surface area contributed by atoms with Crippen molar-refractivity contribution in [3.05, 3.63) is 0 Å². The van der Waals surface area contributed by atoms with Gasteiger partial charge < -0.3 is 9.47 Å². The number of nitrogens with one attached hydrogen (secondary N) is 1. The molecule has 1 rings (SSSR count). The number of rotatable bonds is 5. The predicted molar refractivity (Wildman–Crippen MR) is 62.3 cm³/mol.